The summed E-state index contributed by atoms with van der Waals surface area (Å²) in [4.78, 5) is 30.4. The Morgan fingerprint density at radius 2 is 1.86 bits per heavy atom. The fraction of sp³-hybridized carbons (Fsp3) is 0.500. The Kier molecular flexibility index (Phi) is 7.79. The summed E-state index contributed by atoms with van der Waals surface area (Å²) in [6, 6.07) is 15.4. The zero-order chi connectivity index (χ0) is 25.1. The number of rotatable bonds is 8. The number of fused-ring (bicyclic) bond motifs is 1. The molecule has 2 aromatic rings. The van der Waals surface area contributed by atoms with Gasteiger partial charge < -0.3 is 24.6 Å². The largest absolute Gasteiger partial charge is 0.496 e. The molecule has 8 heteroatoms. The second-order valence-electron chi connectivity index (χ2n) is 10.2. The number of benzene rings is 2. The third kappa shape index (κ3) is 5.53. The fourth-order valence-electron chi connectivity index (χ4n) is 5.80. The minimum atomic E-state index is -0.0508. The van der Waals surface area contributed by atoms with Gasteiger partial charge in [0.05, 0.1) is 31.2 Å². The molecule has 3 fully saturated rings. The summed E-state index contributed by atoms with van der Waals surface area (Å²) < 4.78 is 10.8. The first-order valence-electron chi connectivity index (χ1n) is 12.8. The summed E-state index contributed by atoms with van der Waals surface area (Å²) in [5, 5.41) is 3.84. The minimum absolute atomic E-state index is 0.00668. The molecule has 0 aromatic heterocycles. The normalized spacial score (nSPS) is 24.5. The van der Waals surface area contributed by atoms with Crippen LogP contribution in [-0.2, 0) is 9.53 Å². The molecule has 2 aromatic carbocycles. The van der Waals surface area contributed by atoms with Crippen molar-refractivity contribution in [3.63, 3.8) is 0 Å². The minimum Gasteiger partial charge on any atom is -0.496 e. The van der Waals surface area contributed by atoms with Crippen molar-refractivity contribution in [1.82, 2.24) is 15.1 Å². The van der Waals surface area contributed by atoms with Crippen molar-refractivity contribution in [2.45, 2.75) is 18.9 Å². The van der Waals surface area contributed by atoms with Gasteiger partial charge in [0, 0.05) is 44.4 Å². The number of carbonyl (C=O) groups excluding carboxylic acids is 2. The number of likely N-dealkylation sites (tertiary alicyclic amines) is 2. The molecule has 3 unspecified atom stereocenters. The highest BCUT2D eigenvalue weighted by Crippen LogP contribution is 2.34. The zero-order valence-electron chi connectivity index (χ0n) is 20.7. The van der Waals surface area contributed by atoms with E-state index in [2.05, 4.69) is 22.3 Å². The molecule has 4 atom stereocenters. The van der Waals surface area contributed by atoms with Crippen molar-refractivity contribution in [2.75, 3.05) is 53.0 Å². The quantitative estimate of drug-likeness (QED) is 0.586. The number of hydrogen-bond acceptors (Lipinski definition) is 5. The predicted octanol–water partition coefficient (Wildman–Crippen LogP) is 3.64. The van der Waals surface area contributed by atoms with Crippen LogP contribution in [0.4, 0.5) is 0 Å². The summed E-state index contributed by atoms with van der Waals surface area (Å²) >= 11 is 6.07. The lowest BCUT2D eigenvalue weighted by atomic mass is 10.0. The number of carbonyl (C=O) groups is 2. The van der Waals surface area contributed by atoms with Crippen LogP contribution < -0.4 is 10.1 Å². The summed E-state index contributed by atoms with van der Waals surface area (Å²) in [5.41, 5.74) is 1.70. The van der Waals surface area contributed by atoms with Crippen molar-refractivity contribution in [1.29, 1.82) is 0 Å². The SMILES string of the molecule is COc1cc(Cl)ccc1C(=O)N1CC2CN(CC[C@H](NC(=O)C3CCOC3)c3ccccc3)CC2C1. The van der Waals surface area contributed by atoms with Gasteiger partial charge in [0.2, 0.25) is 5.91 Å². The van der Waals surface area contributed by atoms with E-state index in [0.29, 0.717) is 41.4 Å². The summed E-state index contributed by atoms with van der Waals surface area (Å²) in [6.45, 7) is 5.54. The molecular formula is C28H34ClN3O4. The second-order valence-corrected chi connectivity index (χ2v) is 10.6. The Bertz CT molecular complexity index is 1060. The Balaban J connectivity index is 1.16. The highest BCUT2D eigenvalue weighted by Gasteiger charge is 2.42. The Morgan fingerprint density at radius 3 is 2.53 bits per heavy atom. The summed E-state index contributed by atoms with van der Waals surface area (Å²) in [7, 11) is 1.56. The van der Waals surface area contributed by atoms with Gasteiger partial charge in [-0.15, -0.1) is 0 Å². The maximum atomic E-state index is 13.2. The Hall–Kier alpha value is -2.61. The lowest BCUT2D eigenvalue weighted by Crippen LogP contribution is -2.37. The van der Waals surface area contributed by atoms with Gasteiger partial charge in [0.25, 0.3) is 5.91 Å². The summed E-state index contributed by atoms with van der Waals surface area (Å²) in [6.07, 6.45) is 1.65. The first-order valence-corrected chi connectivity index (χ1v) is 13.2. The van der Waals surface area contributed by atoms with E-state index in [1.54, 1.807) is 25.3 Å². The molecule has 3 aliphatic heterocycles. The third-order valence-electron chi connectivity index (χ3n) is 7.80. The fourth-order valence-corrected chi connectivity index (χ4v) is 5.96. The molecule has 0 saturated carbocycles. The molecule has 3 saturated heterocycles. The van der Waals surface area contributed by atoms with E-state index in [-0.39, 0.29) is 23.8 Å². The van der Waals surface area contributed by atoms with Gasteiger partial charge in [-0.3, -0.25) is 9.59 Å². The molecule has 0 aliphatic carbocycles. The molecule has 1 N–H and O–H groups in total. The van der Waals surface area contributed by atoms with Gasteiger partial charge in [-0.1, -0.05) is 41.9 Å². The van der Waals surface area contributed by atoms with Gasteiger partial charge in [-0.25, -0.2) is 0 Å². The van der Waals surface area contributed by atoms with Gasteiger partial charge in [0.15, 0.2) is 0 Å². The smallest absolute Gasteiger partial charge is 0.257 e. The lowest BCUT2D eigenvalue weighted by Gasteiger charge is -2.25. The molecule has 5 rings (SSSR count). The van der Waals surface area contributed by atoms with Crippen LogP contribution in [0.15, 0.2) is 48.5 Å². The molecule has 3 heterocycles. The van der Waals surface area contributed by atoms with E-state index in [1.807, 2.05) is 23.1 Å². The van der Waals surface area contributed by atoms with E-state index in [9.17, 15) is 9.59 Å². The third-order valence-corrected chi connectivity index (χ3v) is 8.03. The van der Waals surface area contributed by atoms with Crippen LogP contribution in [0.3, 0.4) is 0 Å². The Morgan fingerprint density at radius 1 is 1.11 bits per heavy atom. The average molecular weight is 512 g/mol. The van der Waals surface area contributed by atoms with Crippen LogP contribution in [-0.4, -0.2) is 74.7 Å². The van der Waals surface area contributed by atoms with Crippen molar-refractivity contribution in [2.24, 2.45) is 17.8 Å². The molecule has 2 amide bonds. The summed E-state index contributed by atoms with van der Waals surface area (Å²) in [5.74, 6) is 1.49. The molecular weight excluding hydrogens is 478 g/mol. The maximum absolute atomic E-state index is 13.2. The van der Waals surface area contributed by atoms with Crippen LogP contribution in [0.25, 0.3) is 0 Å². The number of nitrogens with one attached hydrogen (secondary N) is 1. The van der Waals surface area contributed by atoms with Gasteiger partial charge in [-0.2, -0.15) is 0 Å². The van der Waals surface area contributed by atoms with E-state index in [0.717, 1.165) is 51.1 Å². The number of ether oxygens (including phenoxy) is 2. The van der Waals surface area contributed by atoms with E-state index >= 15 is 0 Å². The highest BCUT2D eigenvalue weighted by atomic mass is 35.5. The van der Waals surface area contributed by atoms with Crippen LogP contribution in [0.2, 0.25) is 5.02 Å². The standard InChI is InChI=1S/C28H34ClN3O4/c1-35-26-13-23(29)7-8-24(26)28(34)32-16-21-14-31(15-22(21)17-32)11-9-25(19-5-3-2-4-6-19)30-27(33)20-10-12-36-18-20/h2-8,13,20-22,25H,9-12,14-18H2,1H3,(H,30,33)/t20?,21?,22?,25-/m0/s1. The zero-order valence-corrected chi connectivity index (χ0v) is 21.5. The van der Waals surface area contributed by atoms with Crippen LogP contribution >= 0.6 is 11.6 Å². The molecule has 7 nitrogen and oxygen atoms in total. The van der Waals surface area contributed by atoms with Crippen LogP contribution in [0.1, 0.15) is 34.8 Å². The number of halogens is 1. The molecule has 0 bridgehead atoms. The number of nitrogens with zero attached hydrogens (tertiary/aromatic N) is 2. The number of methoxy groups -OCH3 is 1. The lowest BCUT2D eigenvalue weighted by molar-refractivity contribution is -0.125. The maximum Gasteiger partial charge on any atom is 0.257 e. The average Bonchev–Trinajstić information content (AvgIpc) is 3.64. The van der Waals surface area contributed by atoms with Gasteiger partial charge in [0.1, 0.15) is 5.75 Å². The highest BCUT2D eigenvalue weighted by molar-refractivity contribution is 6.30. The first kappa shape index (κ1) is 25.1. The molecule has 192 valence electrons. The molecule has 36 heavy (non-hydrogen) atoms. The van der Waals surface area contributed by atoms with E-state index in [4.69, 9.17) is 21.1 Å². The first-order chi connectivity index (χ1) is 17.5. The van der Waals surface area contributed by atoms with Crippen molar-refractivity contribution in [3.05, 3.63) is 64.7 Å². The van der Waals surface area contributed by atoms with E-state index < -0.39 is 0 Å². The molecule has 3 aliphatic rings. The van der Waals surface area contributed by atoms with Crippen LogP contribution in [0.5, 0.6) is 5.75 Å². The van der Waals surface area contributed by atoms with Gasteiger partial charge in [-0.05, 0) is 48.4 Å². The van der Waals surface area contributed by atoms with Crippen molar-refractivity contribution < 1.29 is 19.1 Å². The molecule has 0 spiro atoms. The number of hydrogen-bond donors (Lipinski definition) is 1. The number of amides is 2. The monoisotopic (exact) mass is 511 g/mol. The second kappa shape index (κ2) is 11.2. The van der Waals surface area contributed by atoms with Gasteiger partial charge >= 0.3 is 0 Å². The van der Waals surface area contributed by atoms with Crippen LogP contribution in [0, 0.1) is 17.8 Å². The van der Waals surface area contributed by atoms with Crippen molar-refractivity contribution >= 4 is 23.4 Å². The predicted molar refractivity (Wildman–Crippen MR) is 138 cm³/mol. The topological polar surface area (TPSA) is 71.1 Å². The Labute approximate surface area is 217 Å². The van der Waals surface area contributed by atoms with E-state index in [1.165, 1.54) is 0 Å². The van der Waals surface area contributed by atoms with Crippen molar-refractivity contribution in [3.8, 4) is 5.75 Å². The molecule has 0 radical (unpaired) electrons.